The minimum Gasteiger partial charge on any atom is -0.457 e. The molecule has 0 aliphatic carbocycles. The molecule has 0 radical (unpaired) electrons. The van der Waals surface area contributed by atoms with Crippen molar-refractivity contribution in [3.05, 3.63) is 108 Å². The molecule has 3 aromatic carbocycles. The lowest BCUT2D eigenvalue weighted by Gasteiger charge is -2.11. The Labute approximate surface area is 193 Å². The van der Waals surface area contributed by atoms with Crippen molar-refractivity contribution >= 4 is 0 Å². The smallest absolute Gasteiger partial charge is 0.129 e. The molecule has 5 rings (SSSR count). The summed E-state index contributed by atoms with van der Waals surface area (Å²) in [5.74, 6) is 1.52. The first kappa shape index (κ1) is 20.8. The average molecular weight is 435 g/mol. The molecule has 2 aromatic heterocycles. The monoisotopic (exact) mass is 434 g/mol. The molecule has 0 N–H and O–H groups in total. The zero-order valence-corrected chi connectivity index (χ0v) is 19.3. The Morgan fingerprint density at radius 3 is 1.88 bits per heavy atom. The number of hydrogen-bond acceptors (Lipinski definition) is 3. The lowest BCUT2D eigenvalue weighted by molar-refractivity contribution is 0.481. The number of ether oxygens (including phenoxy) is 1. The summed E-state index contributed by atoms with van der Waals surface area (Å²) < 4.78 is 10.1. The van der Waals surface area contributed by atoms with E-state index in [9.17, 15) is 0 Å². The molecule has 0 saturated carbocycles. The van der Waals surface area contributed by atoms with Gasteiger partial charge in [-0.1, -0.05) is 42.5 Å². The summed E-state index contributed by atoms with van der Waals surface area (Å²) in [5, 5.41) is 9.40. The second-order valence-corrected chi connectivity index (χ2v) is 8.26. The number of rotatable bonds is 5. The Morgan fingerprint density at radius 1 is 0.636 bits per heavy atom. The maximum atomic E-state index is 6.23. The van der Waals surface area contributed by atoms with E-state index in [2.05, 4.69) is 56.2 Å². The molecule has 0 fully saturated rings. The Morgan fingerprint density at radius 2 is 1.27 bits per heavy atom. The van der Waals surface area contributed by atoms with Crippen LogP contribution in [-0.4, -0.2) is 19.6 Å². The van der Waals surface area contributed by atoms with Crippen LogP contribution in [0.25, 0.3) is 22.5 Å². The van der Waals surface area contributed by atoms with Crippen molar-refractivity contribution in [2.45, 2.75) is 27.7 Å². The lowest BCUT2D eigenvalue weighted by Crippen LogP contribution is -2.00. The highest BCUT2D eigenvalue weighted by atomic mass is 16.5. The summed E-state index contributed by atoms with van der Waals surface area (Å²) in [5.41, 5.74) is 8.46. The highest BCUT2D eigenvalue weighted by Gasteiger charge is 2.15. The van der Waals surface area contributed by atoms with Crippen LogP contribution in [0.5, 0.6) is 11.5 Å². The van der Waals surface area contributed by atoms with E-state index in [1.54, 1.807) is 0 Å². The van der Waals surface area contributed by atoms with Crippen molar-refractivity contribution in [2.75, 3.05) is 0 Å². The highest BCUT2D eigenvalue weighted by Crippen LogP contribution is 2.30. The zero-order valence-electron chi connectivity index (χ0n) is 19.3. The van der Waals surface area contributed by atoms with Gasteiger partial charge in [0.1, 0.15) is 11.5 Å². The predicted octanol–water partition coefficient (Wildman–Crippen LogP) is 6.75. The fraction of sp³-hybridized carbons (Fsp3) is 0.143. The number of hydrogen-bond donors (Lipinski definition) is 0. The second kappa shape index (κ2) is 8.43. The molecule has 0 spiro atoms. The SMILES string of the molecule is Cc1cc(C)n(-c2cccc(Oc3cccc(-n4nc(C)c(-c5ccccc5)c4C)c3)c2)n1. The second-order valence-electron chi connectivity index (χ2n) is 8.26. The van der Waals surface area contributed by atoms with Crippen LogP contribution in [0.1, 0.15) is 22.8 Å². The van der Waals surface area contributed by atoms with Crippen LogP contribution in [0.15, 0.2) is 84.9 Å². The molecule has 0 aliphatic heterocycles. The van der Waals surface area contributed by atoms with Gasteiger partial charge in [-0.05, 0) is 63.6 Å². The molecule has 5 aromatic rings. The van der Waals surface area contributed by atoms with E-state index >= 15 is 0 Å². The van der Waals surface area contributed by atoms with Gasteiger partial charge in [0.2, 0.25) is 0 Å². The van der Waals surface area contributed by atoms with Gasteiger partial charge >= 0.3 is 0 Å². The van der Waals surface area contributed by atoms with E-state index in [1.165, 1.54) is 11.1 Å². The molecule has 0 atom stereocenters. The summed E-state index contributed by atoms with van der Waals surface area (Å²) in [7, 11) is 0. The van der Waals surface area contributed by atoms with Crippen molar-refractivity contribution in [2.24, 2.45) is 0 Å². The van der Waals surface area contributed by atoms with Crippen molar-refractivity contribution < 1.29 is 4.74 Å². The summed E-state index contributed by atoms with van der Waals surface area (Å²) >= 11 is 0. The van der Waals surface area contributed by atoms with Gasteiger partial charge < -0.3 is 4.74 Å². The molecule has 0 bridgehead atoms. The van der Waals surface area contributed by atoms with Crippen LogP contribution in [0.2, 0.25) is 0 Å². The molecular weight excluding hydrogens is 408 g/mol. The van der Waals surface area contributed by atoms with Crippen molar-refractivity contribution in [1.82, 2.24) is 19.6 Å². The number of benzene rings is 3. The summed E-state index contributed by atoms with van der Waals surface area (Å²) in [6.45, 7) is 8.21. The first-order chi connectivity index (χ1) is 16.0. The molecular formula is C28H26N4O. The van der Waals surface area contributed by atoms with Gasteiger partial charge in [-0.3, -0.25) is 0 Å². The minimum absolute atomic E-state index is 0.756. The van der Waals surface area contributed by atoms with E-state index in [-0.39, 0.29) is 0 Å². The van der Waals surface area contributed by atoms with Crippen LogP contribution in [0.3, 0.4) is 0 Å². The van der Waals surface area contributed by atoms with Gasteiger partial charge in [0.05, 0.1) is 22.8 Å². The van der Waals surface area contributed by atoms with E-state index in [4.69, 9.17) is 9.84 Å². The Hall–Kier alpha value is -4.12. The Balaban J connectivity index is 1.46. The Kier molecular flexibility index (Phi) is 5.31. The fourth-order valence-electron chi connectivity index (χ4n) is 4.30. The average Bonchev–Trinajstić information content (AvgIpc) is 3.31. The van der Waals surface area contributed by atoms with E-state index in [0.29, 0.717) is 0 Å². The van der Waals surface area contributed by atoms with E-state index < -0.39 is 0 Å². The fourth-order valence-corrected chi connectivity index (χ4v) is 4.30. The third-order valence-corrected chi connectivity index (χ3v) is 5.72. The lowest BCUT2D eigenvalue weighted by atomic mass is 10.0. The molecule has 164 valence electrons. The molecule has 0 unspecified atom stereocenters. The van der Waals surface area contributed by atoms with Gasteiger partial charge in [-0.15, -0.1) is 0 Å². The third-order valence-electron chi connectivity index (χ3n) is 5.72. The van der Waals surface area contributed by atoms with Gasteiger partial charge in [0.15, 0.2) is 0 Å². The largest absolute Gasteiger partial charge is 0.457 e. The van der Waals surface area contributed by atoms with Crippen molar-refractivity contribution in [3.8, 4) is 34.0 Å². The van der Waals surface area contributed by atoms with Crippen LogP contribution in [-0.2, 0) is 0 Å². The molecule has 0 amide bonds. The quantitative estimate of drug-likeness (QED) is 0.307. The predicted molar refractivity (Wildman–Crippen MR) is 132 cm³/mol. The maximum Gasteiger partial charge on any atom is 0.129 e. The van der Waals surface area contributed by atoms with Crippen LogP contribution in [0, 0.1) is 27.7 Å². The number of aromatic nitrogens is 4. The van der Waals surface area contributed by atoms with Crippen LogP contribution >= 0.6 is 0 Å². The normalized spacial score (nSPS) is 11.0. The van der Waals surface area contributed by atoms with Gasteiger partial charge in [0.25, 0.3) is 0 Å². The molecule has 0 aliphatic rings. The van der Waals surface area contributed by atoms with E-state index in [1.807, 2.05) is 70.9 Å². The molecule has 0 saturated heterocycles. The van der Waals surface area contributed by atoms with Gasteiger partial charge in [-0.2, -0.15) is 10.2 Å². The standard InChI is InChI=1S/C28H26N4O/c1-19-16-20(2)31(29-19)24-12-8-14-26(17-24)33-27-15-9-13-25(18-27)32-22(4)28(21(3)30-32)23-10-6-5-7-11-23/h5-18H,1-4H3. The molecule has 2 heterocycles. The van der Waals surface area contributed by atoms with E-state index in [0.717, 1.165) is 45.6 Å². The number of nitrogens with zero attached hydrogens (tertiary/aromatic N) is 4. The number of aryl methyl sites for hydroxylation is 3. The summed E-state index contributed by atoms with van der Waals surface area (Å²) in [4.78, 5) is 0. The molecule has 33 heavy (non-hydrogen) atoms. The maximum absolute atomic E-state index is 6.23. The first-order valence-electron chi connectivity index (χ1n) is 11.0. The Bertz CT molecular complexity index is 1430. The van der Waals surface area contributed by atoms with Gasteiger partial charge in [0, 0.05) is 29.1 Å². The third kappa shape index (κ3) is 4.05. The van der Waals surface area contributed by atoms with Crippen molar-refractivity contribution in [3.63, 3.8) is 0 Å². The van der Waals surface area contributed by atoms with Crippen LogP contribution in [0.4, 0.5) is 0 Å². The minimum atomic E-state index is 0.756. The molecule has 5 nitrogen and oxygen atoms in total. The molecule has 5 heteroatoms. The summed E-state index contributed by atoms with van der Waals surface area (Å²) in [6.07, 6.45) is 0. The topological polar surface area (TPSA) is 44.9 Å². The van der Waals surface area contributed by atoms with Gasteiger partial charge in [-0.25, -0.2) is 9.36 Å². The van der Waals surface area contributed by atoms with Crippen LogP contribution < -0.4 is 4.74 Å². The highest BCUT2D eigenvalue weighted by molar-refractivity contribution is 5.69. The van der Waals surface area contributed by atoms with Crippen molar-refractivity contribution in [1.29, 1.82) is 0 Å². The zero-order chi connectivity index (χ0) is 22.9. The summed E-state index contributed by atoms with van der Waals surface area (Å²) in [6, 6.07) is 28.4. The first-order valence-corrected chi connectivity index (χ1v) is 11.0.